The molecule has 0 saturated carbocycles. The summed E-state index contributed by atoms with van der Waals surface area (Å²) in [5.74, 6) is -1.58. The van der Waals surface area contributed by atoms with Gasteiger partial charge in [0.1, 0.15) is 17.7 Å². The molecule has 0 aliphatic rings. The van der Waals surface area contributed by atoms with Gasteiger partial charge in [-0.1, -0.05) is 12.1 Å². The highest BCUT2D eigenvalue weighted by Gasteiger charge is 2.11. The van der Waals surface area contributed by atoms with E-state index in [2.05, 4.69) is 5.32 Å². The molecule has 2 rings (SSSR count). The average Bonchev–Trinajstić information content (AvgIpc) is 2.46. The molecule has 0 aromatic heterocycles. The Kier molecular flexibility index (Phi) is 3.93. The monoisotopic (exact) mass is 269 g/mol. The third-order valence-electron chi connectivity index (χ3n) is 2.77. The summed E-state index contributed by atoms with van der Waals surface area (Å²) in [6.07, 6.45) is 0. The zero-order valence-corrected chi connectivity index (χ0v) is 10.3. The summed E-state index contributed by atoms with van der Waals surface area (Å²) in [5, 5.41) is 20.4. The first kappa shape index (κ1) is 13.5. The van der Waals surface area contributed by atoms with E-state index in [-0.39, 0.29) is 17.7 Å². The second kappa shape index (κ2) is 5.81. The van der Waals surface area contributed by atoms with E-state index in [9.17, 15) is 8.78 Å². The van der Waals surface area contributed by atoms with Crippen molar-refractivity contribution in [2.24, 2.45) is 0 Å². The van der Waals surface area contributed by atoms with Crippen LogP contribution in [0.15, 0.2) is 36.4 Å². The number of rotatable bonds is 3. The van der Waals surface area contributed by atoms with E-state index in [0.29, 0.717) is 11.3 Å². The smallest absolute Gasteiger partial charge is 0.132 e. The lowest BCUT2D eigenvalue weighted by atomic mass is 10.1. The fraction of sp³-hybridized carbons (Fsp3) is 0.0667. The fourth-order valence-corrected chi connectivity index (χ4v) is 1.75. The van der Waals surface area contributed by atoms with Crippen molar-refractivity contribution in [3.8, 4) is 12.1 Å². The molecule has 0 aliphatic heterocycles. The van der Waals surface area contributed by atoms with Crippen LogP contribution in [0.3, 0.4) is 0 Å². The van der Waals surface area contributed by atoms with Gasteiger partial charge in [-0.15, -0.1) is 0 Å². The van der Waals surface area contributed by atoms with E-state index < -0.39 is 11.6 Å². The van der Waals surface area contributed by atoms with Gasteiger partial charge in [-0.05, 0) is 24.3 Å². The predicted molar refractivity (Wildman–Crippen MR) is 69.6 cm³/mol. The molecule has 1 N–H and O–H groups in total. The first-order valence-electron chi connectivity index (χ1n) is 5.76. The number of nitrogens with one attached hydrogen (secondary N) is 1. The van der Waals surface area contributed by atoms with Crippen LogP contribution in [0.1, 0.15) is 16.7 Å². The van der Waals surface area contributed by atoms with Crippen LogP contribution in [0, 0.1) is 34.3 Å². The van der Waals surface area contributed by atoms with E-state index >= 15 is 0 Å². The molecule has 0 heterocycles. The molecule has 3 nitrogen and oxygen atoms in total. The molecule has 0 unspecified atom stereocenters. The molecule has 0 bridgehead atoms. The minimum atomic E-state index is -0.788. The minimum Gasteiger partial charge on any atom is -0.380 e. The third kappa shape index (κ3) is 2.73. The van der Waals surface area contributed by atoms with E-state index in [0.717, 1.165) is 12.1 Å². The van der Waals surface area contributed by atoms with Crippen LogP contribution < -0.4 is 5.32 Å². The Balaban J connectivity index is 2.24. The Bertz CT molecular complexity index is 704. The molecule has 2 aromatic rings. The quantitative estimate of drug-likeness (QED) is 0.929. The lowest BCUT2D eigenvalue weighted by molar-refractivity contribution is 0.559. The molecule has 2 aromatic carbocycles. The van der Waals surface area contributed by atoms with Crippen molar-refractivity contribution in [2.45, 2.75) is 6.54 Å². The summed E-state index contributed by atoms with van der Waals surface area (Å²) in [4.78, 5) is 0. The van der Waals surface area contributed by atoms with Gasteiger partial charge in [0.25, 0.3) is 0 Å². The summed E-state index contributed by atoms with van der Waals surface area (Å²) in [7, 11) is 0. The summed E-state index contributed by atoms with van der Waals surface area (Å²) in [6, 6.07) is 12.3. The molecule has 98 valence electrons. The Morgan fingerprint density at radius 2 is 1.65 bits per heavy atom. The Labute approximate surface area is 114 Å². The van der Waals surface area contributed by atoms with E-state index in [4.69, 9.17) is 10.5 Å². The number of nitriles is 2. The van der Waals surface area contributed by atoms with Crippen molar-refractivity contribution in [2.75, 3.05) is 5.32 Å². The summed E-state index contributed by atoms with van der Waals surface area (Å²) < 4.78 is 27.4. The van der Waals surface area contributed by atoms with Gasteiger partial charge in [-0.3, -0.25) is 0 Å². The molecule has 0 amide bonds. The average molecular weight is 269 g/mol. The second-order valence-electron chi connectivity index (χ2n) is 4.04. The molecule has 0 atom stereocenters. The molecule has 0 fully saturated rings. The number of anilines is 1. The van der Waals surface area contributed by atoms with Crippen LogP contribution in [0.5, 0.6) is 0 Å². The standard InChI is InChI=1S/C15H9F2N3/c16-13-5-10(7-18)6-14(17)12(13)9-20-15-4-2-1-3-11(15)8-19/h1-6,20H,9H2. The second-order valence-corrected chi connectivity index (χ2v) is 4.04. The first-order chi connectivity index (χ1) is 9.65. The van der Waals surface area contributed by atoms with Gasteiger partial charge in [0.15, 0.2) is 0 Å². The van der Waals surface area contributed by atoms with Crippen LogP contribution in [0.2, 0.25) is 0 Å². The lowest BCUT2D eigenvalue weighted by Crippen LogP contribution is -2.06. The Morgan fingerprint density at radius 1 is 1.00 bits per heavy atom. The predicted octanol–water partition coefficient (Wildman–Crippen LogP) is 3.32. The van der Waals surface area contributed by atoms with Crippen LogP contribution in [-0.4, -0.2) is 0 Å². The van der Waals surface area contributed by atoms with Gasteiger partial charge in [0.2, 0.25) is 0 Å². The van der Waals surface area contributed by atoms with Crippen molar-refractivity contribution < 1.29 is 8.78 Å². The molecule has 5 heteroatoms. The number of benzene rings is 2. The van der Waals surface area contributed by atoms with Crippen LogP contribution in [0.4, 0.5) is 14.5 Å². The minimum absolute atomic E-state index is 0.0684. The lowest BCUT2D eigenvalue weighted by Gasteiger charge is -2.10. The molecular weight excluding hydrogens is 260 g/mol. The van der Waals surface area contributed by atoms with Gasteiger partial charge >= 0.3 is 0 Å². The number of para-hydroxylation sites is 1. The maximum absolute atomic E-state index is 13.7. The normalized spacial score (nSPS) is 9.60. The van der Waals surface area contributed by atoms with Gasteiger partial charge in [0.05, 0.1) is 22.9 Å². The summed E-state index contributed by atoms with van der Waals surface area (Å²) in [5.41, 5.74) is 0.651. The summed E-state index contributed by atoms with van der Waals surface area (Å²) in [6.45, 7) is -0.109. The van der Waals surface area contributed by atoms with Gasteiger partial charge in [-0.2, -0.15) is 10.5 Å². The number of hydrogen-bond donors (Lipinski definition) is 1. The Morgan fingerprint density at radius 3 is 2.25 bits per heavy atom. The highest BCUT2D eigenvalue weighted by atomic mass is 19.1. The van der Waals surface area contributed by atoms with E-state index in [1.165, 1.54) is 0 Å². The zero-order chi connectivity index (χ0) is 14.5. The highest BCUT2D eigenvalue weighted by molar-refractivity contribution is 5.57. The molecule has 0 spiro atoms. The summed E-state index contributed by atoms with van der Waals surface area (Å²) >= 11 is 0. The maximum Gasteiger partial charge on any atom is 0.132 e. The van der Waals surface area contributed by atoms with E-state index in [1.807, 2.05) is 6.07 Å². The molecule has 0 aliphatic carbocycles. The molecule has 0 radical (unpaired) electrons. The largest absolute Gasteiger partial charge is 0.380 e. The Hall–Kier alpha value is -2.92. The maximum atomic E-state index is 13.7. The van der Waals surface area contributed by atoms with Crippen molar-refractivity contribution in [3.05, 3.63) is 64.7 Å². The molecular formula is C15H9F2N3. The number of hydrogen-bond acceptors (Lipinski definition) is 3. The molecule has 0 saturated heterocycles. The fourth-order valence-electron chi connectivity index (χ4n) is 1.75. The zero-order valence-electron chi connectivity index (χ0n) is 10.3. The number of nitrogens with zero attached hydrogens (tertiary/aromatic N) is 2. The van der Waals surface area contributed by atoms with Crippen LogP contribution in [0.25, 0.3) is 0 Å². The van der Waals surface area contributed by atoms with Gasteiger partial charge in [0, 0.05) is 12.1 Å². The topological polar surface area (TPSA) is 59.6 Å². The van der Waals surface area contributed by atoms with E-state index in [1.54, 1.807) is 30.3 Å². The van der Waals surface area contributed by atoms with Crippen molar-refractivity contribution >= 4 is 5.69 Å². The first-order valence-corrected chi connectivity index (χ1v) is 5.76. The molecule has 20 heavy (non-hydrogen) atoms. The SMILES string of the molecule is N#Cc1cc(F)c(CNc2ccccc2C#N)c(F)c1. The van der Waals surface area contributed by atoms with Crippen molar-refractivity contribution in [1.29, 1.82) is 10.5 Å². The third-order valence-corrected chi connectivity index (χ3v) is 2.77. The number of halogens is 2. The van der Waals surface area contributed by atoms with Crippen LogP contribution in [-0.2, 0) is 6.54 Å². The highest BCUT2D eigenvalue weighted by Crippen LogP contribution is 2.19. The van der Waals surface area contributed by atoms with Crippen molar-refractivity contribution in [3.63, 3.8) is 0 Å². The van der Waals surface area contributed by atoms with Crippen LogP contribution >= 0.6 is 0 Å². The van der Waals surface area contributed by atoms with Gasteiger partial charge in [-0.25, -0.2) is 8.78 Å². The van der Waals surface area contributed by atoms with Gasteiger partial charge < -0.3 is 5.32 Å². The van der Waals surface area contributed by atoms with Crippen molar-refractivity contribution in [1.82, 2.24) is 0 Å².